The average molecular weight is 288 g/mol. The first kappa shape index (κ1) is 14.2. The summed E-state index contributed by atoms with van der Waals surface area (Å²) in [7, 11) is 0. The second-order valence-corrected chi connectivity index (χ2v) is 6.33. The lowest BCUT2D eigenvalue weighted by Gasteiger charge is -2.29. The molecule has 4 heteroatoms. The largest absolute Gasteiger partial charge is 0.310 e. The molecule has 0 spiro atoms. The highest BCUT2D eigenvalue weighted by molar-refractivity contribution is 7.99. The number of thioether (sulfide) groups is 1. The summed E-state index contributed by atoms with van der Waals surface area (Å²) in [5.74, 6) is -0.332. The van der Waals surface area contributed by atoms with Crippen LogP contribution in [0.3, 0.4) is 0 Å². The second kappa shape index (κ2) is 6.78. The summed E-state index contributed by atoms with van der Waals surface area (Å²) in [5, 5.41) is 4.52. The molecule has 100 valence electrons. The molecule has 18 heavy (non-hydrogen) atoms. The van der Waals surface area contributed by atoms with Crippen LogP contribution in [0, 0.1) is 5.82 Å². The molecule has 1 aliphatic rings. The van der Waals surface area contributed by atoms with Crippen LogP contribution in [0.25, 0.3) is 0 Å². The van der Waals surface area contributed by atoms with E-state index in [0.717, 1.165) is 10.8 Å². The summed E-state index contributed by atoms with van der Waals surface area (Å²) in [6.45, 7) is 0.655. The van der Waals surface area contributed by atoms with Gasteiger partial charge in [0.1, 0.15) is 5.82 Å². The Morgan fingerprint density at radius 1 is 1.44 bits per heavy atom. The molecule has 2 atom stereocenters. The highest BCUT2D eigenvalue weighted by Crippen LogP contribution is 2.27. The molecule has 0 amide bonds. The molecule has 1 aromatic carbocycles. The summed E-state index contributed by atoms with van der Waals surface area (Å²) in [6, 6.07) is 5.53. The lowest BCUT2D eigenvalue weighted by molar-refractivity contribution is 0.379. The Hall–Kier alpha value is -0.250. The number of rotatable bonds is 4. The molecule has 1 nitrogen and oxygen atoms in total. The zero-order chi connectivity index (χ0) is 13.0. The number of halogens is 2. The van der Waals surface area contributed by atoms with Crippen molar-refractivity contribution in [2.75, 3.05) is 6.26 Å². The van der Waals surface area contributed by atoms with E-state index in [4.69, 9.17) is 11.6 Å². The van der Waals surface area contributed by atoms with Crippen LogP contribution < -0.4 is 5.32 Å². The SMILES string of the molecule is CSC1CCCC(NCc2cccc(F)c2Cl)C1. The van der Waals surface area contributed by atoms with E-state index >= 15 is 0 Å². The van der Waals surface area contributed by atoms with E-state index in [2.05, 4.69) is 11.6 Å². The smallest absolute Gasteiger partial charge is 0.142 e. The average Bonchev–Trinajstić information content (AvgIpc) is 2.41. The van der Waals surface area contributed by atoms with Crippen LogP contribution in [0.5, 0.6) is 0 Å². The summed E-state index contributed by atoms with van der Waals surface area (Å²) in [6.07, 6.45) is 7.19. The fourth-order valence-electron chi connectivity index (χ4n) is 2.48. The predicted octanol–water partition coefficient (Wildman–Crippen LogP) is 4.24. The van der Waals surface area contributed by atoms with Crippen LogP contribution in [-0.2, 0) is 6.54 Å². The standard InChI is InChI=1S/C14H19ClFNS/c1-18-12-6-3-5-11(8-12)17-9-10-4-2-7-13(16)14(10)15/h2,4,7,11-12,17H,3,5-6,8-9H2,1H3. The van der Waals surface area contributed by atoms with Crippen molar-refractivity contribution >= 4 is 23.4 Å². The molecule has 1 saturated carbocycles. The van der Waals surface area contributed by atoms with Crippen molar-refractivity contribution in [3.63, 3.8) is 0 Å². The van der Waals surface area contributed by atoms with Crippen LogP contribution in [-0.4, -0.2) is 17.5 Å². The Balaban J connectivity index is 1.89. The minimum Gasteiger partial charge on any atom is -0.310 e. The van der Waals surface area contributed by atoms with E-state index in [1.165, 1.54) is 31.7 Å². The molecule has 1 fully saturated rings. The molecular formula is C14H19ClFNS. The summed E-state index contributed by atoms with van der Waals surface area (Å²) in [5.41, 5.74) is 0.850. The van der Waals surface area contributed by atoms with Crippen molar-refractivity contribution in [2.45, 2.75) is 43.5 Å². The molecule has 1 aromatic rings. The van der Waals surface area contributed by atoms with E-state index in [0.29, 0.717) is 12.6 Å². The van der Waals surface area contributed by atoms with Crippen molar-refractivity contribution < 1.29 is 4.39 Å². The fourth-order valence-corrected chi connectivity index (χ4v) is 3.50. The normalized spacial score (nSPS) is 24.2. The van der Waals surface area contributed by atoms with Crippen LogP contribution in [0.1, 0.15) is 31.2 Å². The minimum absolute atomic E-state index is 0.252. The van der Waals surface area contributed by atoms with Crippen LogP contribution in [0.15, 0.2) is 18.2 Å². The van der Waals surface area contributed by atoms with E-state index < -0.39 is 0 Å². The molecule has 2 unspecified atom stereocenters. The van der Waals surface area contributed by atoms with Gasteiger partial charge in [-0.1, -0.05) is 30.2 Å². The number of hydrogen-bond acceptors (Lipinski definition) is 2. The van der Waals surface area contributed by atoms with Crippen molar-refractivity contribution in [1.29, 1.82) is 0 Å². The van der Waals surface area contributed by atoms with Gasteiger partial charge in [-0.15, -0.1) is 0 Å². The first-order valence-electron chi connectivity index (χ1n) is 6.39. The quantitative estimate of drug-likeness (QED) is 0.889. The molecule has 0 heterocycles. The Morgan fingerprint density at radius 2 is 2.28 bits per heavy atom. The minimum atomic E-state index is -0.332. The Labute approximate surface area is 117 Å². The monoisotopic (exact) mass is 287 g/mol. The lowest BCUT2D eigenvalue weighted by atomic mass is 9.95. The van der Waals surface area contributed by atoms with Gasteiger partial charge in [-0.2, -0.15) is 11.8 Å². The molecule has 0 saturated heterocycles. The third-order valence-corrected chi connectivity index (χ3v) is 5.09. The maximum atomic E-state index is 13.3. The third kappa shape index (κ3) is 3.62. The van der Waals surface area contributed by atoms with Gasteiger partial charge < -0.3 is 5.32 Å². The number of hydrogen-bond donors (Lipinski definition) is 1. The van der Waals surface area contributed by atoms with Crippen LogP contribution in [0.2, 0.25) is 5.02 Å². The van der Waals surface area contributed by atoms with Gasteiger partial charge in [-0.3, -0.25) is 0 Å². The third-order valence-electron chi connectivity index (χ3n) is 3.57. The summed E-state index contributed by atoms with van der Waals surface area (Å²) < 4.78 is 13.3. The van der Waals surface area contributed by atoms with Gasteiger partial charge in [0.2, 0.25) is 0 Å². The van der Waals surface area contributed by atoms with Crippen molar-refractivity contribution in [3.8, 4) is 0 Å². The highest BCUT2D eigenvalue weighted by atomic mass is 35.5. The zero-order valence-electron chi connectivity index (χ0n) is 10.6. The predicted molar refractivity (Wildman–Crippen MR) is 77.8 cm³/mol. The highest BCUT2D eigenvalue weighted by Gasteiger charge is 2.20. The van der Waals surface area contributed by atoms with Gasteiger partial charge in [0.05, 0.1) is 5.02 Å². The van der Waals surface area contributed by atoms with Gasteiger partial charge in [-0.25, -0.2) is 4.39 Å². The lowest BCUT2D eigenvalue weighted by Crippen LogP contribution is -2.34. The molecular weight excluding hydrogens is 269 g/mol. The molecule has 0 bridgehead atoms. The maximum absolute atomic E-state index is 13.3. The first-order valence-corrected chi connectivity index (χ1v) is 8.06. The molecule has 0 aromatic heterocycles. The van der Waals surface area contributed by atoms with E-state index in [9.17, 15) is 4.39 Å². The Morgan fingerprint density at radius 3 is 3.06 bits per heavy atom. The van der Waals surface area contributed by atoms with Gasteiger partial charge in [0.15, 0.2) is 0 Å². The van der Waals surface area contributed by atoms with Gasteiger partial charge in [0, 0.05) is 17.8 Å². The number of benzene rings is 1. The Kier molecular flexibility index (Phi) is 5.34. The summed E-state index contributed by atoms with van der Waals surface area (Å²) in [4.78, 5) is 0. The van der Waals surface area contributed by atoms with Crippen molar-refractivity contribution in [1.82, 2.24) is 5.32 Å². The van der Waals surface area contributed by atoms with Crippen molar-refractivity contribution in [2.24, 2.45) is 0 Å². The molecule has 1 aliphatic carbocycles. The van der Waals surface area contributed by atoms with Crippen LogP contribution in [0.4, 0.5) is 4.39 Å². The molecule has 0 radical (unpaired) electrons. The van der Waals surface area contributed by atoms with Gasteiger partial charge >= 0.3 is 0 Å². The van der Waals surface area contributed by atoms with E-state index in [1.807, 2.05) is 17.8 Å². The molecule has 2 rings (SSSR count). The first-order chi connectivity index (χ1) is 8.70. The molecule has 0 aliphatic heterocycles. The Bertz CT molecular complexity index is 399. The van der Waals surface area contributed by atoms with Gasteiger partial charge in [0.25, 0.3) is 0 Å². The summed E-state index contributed by atoms with van der Waals surface area (Å²) >= 11 is 7.90. The van der Waals surface area contributed by atoms with E-state index in [-0.39, 0.29) is 10.8 Å². The zero-order valence-corrected chi connectivity index (χ0v) is 12.2. The maximum Gasteiger partial charge on any atom is 0.142 e. The van der Waals surface area contributed by atoms with Crippen molar-refractivity contribution in [3.05, 3.63) is 34.6 Å². The van der Waals surface area contributed by atoms with Gasteiger partial charge in [-0.05, 0) is 37.1 Å². The van der Waals surface area contributed by atoms with E-state index in [1.54, 1.807) is 6.07 Å². The second-order valence-electron chi connectivity index (χ2n) is 4.82. The molecule has 1 N–H and O–H groups in total. The topological polar surface area (TPSA) is 12.0 Å². The number of nitrogens with one attached hydrogen (secondary N) is 1. The van der Waals surface area contributed by atoms with Crippen LogP contribution >= 0.6 is 23.4 Å². The fraction of sp³-hybridized carbons (Fsp3) is 0.571.